The molecular weight excluding hydrogens is 506 g/mol. The van der Waals surface area contributed by atoms with Crippen molar-refractivity contribution >= 4 is 39.7 Å². The molecule has 0 spiro atoms. The molecule has 11 nitrogen and oxygen atoms in total. The van der Waals surface area contributed by atoms with Gasteiger partial charge in [-0.3, -0.25) is 15.1 Å². The zero-order chi connectivity index (χ0) is 27.3. The number of ether oxygens (including phenoxy) is 3. The third-order valence-electron chi connectivity index (χ3n) is 4.79. The average molecular weight is 525 g/mol. The summed E-state index contributed by atoms with van der Waals surface area (Å²) in [6.45, 7) is -0.817. The van der Waals surface area contributed by atoms with Crippen LogP contribution in [-0.2, 0) is 11.5 Å². The van der Waals surface area contributed by atoms with Crippen LogP contribution in [0.3, 0.4) is 0 Å². The second-order valence-corrected chi connectivity index (χ2v) is 7.05. The molecule has 2 heterocycles. The molecule has 0 saturated carbocycles. The molecule has 2 aromatic carbocycles. The van der Waals surface area contributed by atoms with Crippen molar-refractivity contribution in [3.63, 3.8) is 0 Å². The van der Waals surface area contributed by atoms with Gasteiger partial charge in [-0.15, -0.1) is 0 Å². The molecule has 0 amide bonds. The molecule has 196 valence electrons. The molecule has 3 N–H and O–H groups in total. The van der Waals surface area contributed by atoms with Gasteiger partial charge in [0.2, 0.25) is 11.9 Å². The standard InChI is InChI=1S/C20H18FN5O4.C2HF3O2/c1-28-14-6-4-5-11-17(14)18(27)25-20(22-11)26-19-23-12-8-16(30-3)15(29-2)7-10(12)13(9-21)24-19;3-2(4,5)1(6)7/h4-8H,9H2,1-3H3,(H2,22,23,24,25,26,27);(H,6,7). The number of nitrogens with one attached hydrogen (secondary N) is 2. The van der Waals surface area contributed by atoms with Crippen LogP contribution in [0.15, 0.2) is 35.1 Å². The molecule has 37 heavy (non-hydrogen) atoms. The minimum atomic E-state index is -5.08. The molecule has 15 heteroatoms. The van der Waals surface area contributed by atoms with E-state index in [1.807, 2.05) is 0 Å². The number of carboxylic acids is 1. The van der Waals surface area contributed by atoms with Crippen molar-refractivity contribution in [2.75, 3.05) is 26.6 Å². The maximum absolute atomic E-state index is 13.7. The Morgan fingerprint density at radius 1 is 1.00 bits per heavy atom. The van der Waals surface area contributed by atoms with Crippen molar-refractivity contribution in [1.82, 2.24) is 19.9 Å². The number of fused-ring (bicyclic) bond motifs is 2. The smallest absolute Gasteiger partial charge is 0.490 e. The molecular formula is C22H19F4N5O6. The number of carbonyl (C=O) groups is 1. The maximum Gasteiger partial charge on any atom is 0.490 e. The van der Waals surface area contributed by atoms with Crippen LogP contribution in [0.1, 0.15) is 5.69 Å². The second kappa shape index (κ2) is 10.9. The summed E-state index contributed by atoms with van der Waals surface area (Å²) in [5.74, 6) is -1.26. The van der Waals surface area contributed by atoms with Gasteiger partial charge in [0.15, 0.2) is 11.5 Å². The fourth-order valence-corrected chi connectivity index (χ4v) is 3.17. The second-order valence-electron chi connectivity index (χ2n) is 7.05. The lowest BCUT2D eigenvalue weighted by Gasteiger charge is -2.12. The molecule has 4 aromatic rings. The minimum Gasteiger partial charge on any atom is -0.496 e. The number of nitrogens with zero attached hydrogens (tertiary/aromatic N) is 3. The molecule has 0 saturated heterocycles. The normalized spacial score (nSPS) is 11.0. The van der Waals surface area contributed by atoms with E-state index in [2.05, 4.69) is 25.3 Å². The van der Waals surface area contributed by atoms with E-state index >= 15 is 0 Å². The first kappa shape index (κ1) is 26.9. The Bertz CT molecular complexity index is 1510. The Labute approximate surface area is 205 Å². The number of halogens is 4. The number of methoxy groups -OCH3 is 3. The summed E-state index contributed by atoms with van der Waals surface area (Å²) in [5.41, 5.74) is 0.646. The van der Waals surface area contributed by atoms with Crippen molar-refractivity contribution in [2.45, 2.75) is 12.9 Å². The summed E-state index contributed by atoms with van der Waals surface area (Å²) in [6, 6.07) is 8.33. The highest BCUT2D eigenvalue weighted by Gasteiger charge is 2.38. The molecule has 0 aliphatic carbocycles. The quantitative estimate of drug-likeness (QED) is 0.318. The molecule has 0 unspecified atom stereocenters. The Kier molecular flexibility index (Phi) is 7.95. The monoisotopic (exact) mass is 525 g/mol. The average Bonchev–Trinajstić information content (AvgIpc) is 2.86. The van der Waals surface area contributed by atoms with Crippen molar-refractivity contribution in [3.05, 3.63) is 46.4 Å². The number of aliphatic carboxylic acids is 1. The van der Waals surface area contributed by atoms with Crippen LogP contribution < -0.4 is 25.1 Å². The number of H-pyrrole nitrogens is 1. The molecule has 4 rings (SSSR count). The van der Waals surface area contributed by atoms with E-state index < -0.39 is 24.4 Å². The molecule has 0 atom stereocenters. The van der Waals surface area contributed by atoms with E-state index in [0.29, 0.717) is 39.1 Å². The summed E-state index contributed by atoms with van der Waals surface area (Å²) in [7, 11) is 4.47. The summed E-state index contributed by atoms with van der Waals surface area (Å²) in [6.07, 6.45) is -5.08. The Hall–Kier alpha value is -4.69. The van der Waals surface area contributed by atoms with E-state index in [4.69, 9.17) is 24.1 Å². The number of anilines is 2. The fourth-order valence-electron chi connectivity index (χ4n) is 3.17. The van der Waals surface area contributed by atoms with E-state index in [-0.39, 0.29) is 17.6 Å². The number of alkyl halides is 4. The van der Waals surface area contributed by atoms with Gasteiger partial charge in [0.05, 0.1) is 38.1 Å². The highest BCUT2D eigenvalue weighted by Crippen LogP contribution is 2.33. The highest BCUT2D eigenvalue weighted by atomic mass is 19.4. The summed E-state index contributed by atoms with van der Waals surface area (Å²) >= 11 is 0. The number of rotatable bonds is 6. The molecule has 0 aliphatic rings. The number of aromatic nitrogens is 4. The van der Waals surface area contributed by atoms with Gasteiger partial charge in [-0.2, -0.15) is 13.2 Å². The largest absolute Gasteiger partial charge is 0.496 e. The predicted molar refractivity (Wildman–Crippen MR) is 123 cm³/mol. The van der Waals surface area contributed by atoms with Crippen LogP contribution in [0.4, 0.5) is 29.5 Å². The third-order valence-corrected chi connectivity index (χ3v) is 4.79. The number of aromatic amines is 1. The van der Waals surface area contributed by atoms with E-state index in [9.17, 15) is 22.4 Å². The van der Waals surface area contributed by atoms with Gasteiger partial charge in [-0.25, -0.2) is 24.1 Å². The number of hydrogen-bond donors (Lipinski definition) is 3. The minimum absolute atomic E-state index is 0.0766. The van der Waals surface area contributed by atoms with Gasteiger partial charge >= 0.3 is 12.1 Å². The van der Waals surface area contributed by atoms with Crippen LogP contribution >= 0.6 is 0 Å². The van der Waals surface area contributed by atoms with Crippen LogP contribution in [0, 0.1) is 0 Å². The van der Waals surface area contributed by atoms with Crippen molar-refractivity contribution in [1.29, 1.82) is 0 Å². The molecule has 0 radical (unpaired) electrons. The summed E-state index contributed by atoms with van der Waals surface area (Å²) < 4.78 is 61.2. The van der Waals surface area contributed by atoms with Crippen molar-refractivity contribution in [2.24, 2.45) is 0 Å². The van der Waals surface area contributed by atoms with Crippen LogP contribution in [0.25, 0.3) is 21.8 Å². The van der Waals surface area contributed by atoms with Crippen LogP contribution in [-0.4, -0.2) is 58.5 Å². The zero-order valence-corrected chi connectivity index (χ0v) is 19.4. The van der Waals surface area contributed by atoms with Crippen LogP contribution in [0.5, 0.6) is 17.2 Å². The lowest BCUT2D eigenvalue weighted by atomic mass is 10.1. The predicted octanol–water partition coefficient (Wildman–Crippen LogP) is 3.74. The molecule has 0 bridgehead atoms. The fraction of sp³-hybridized carbons (Fsp3) is 0.227. The number of benzene rings is 2. The lowest BCUT2D eigenvalue weighted by molar-refractivity contribution is -0.192. The Balaban J connectivity index is 0.000000479. The Morgan fingerprint density at radius 2 is 1.62 bits per heavy atom. The summed E-state index contributed by atoms with van der Waals surface area (Å²) in [5, 5.41) is 10.8. The first-order valence-corrected chi connectivity index (χ1v) is 10.1. The summed E-state index contributed by atoms with van der Waals surface area (Å²) in [4.78, 5) is 37.0. The van der Waals surface area contributed by atoms with E-state index in [1.165, 1.54) is 21.3 Å². The zero-order valence-electron chi connectivity index (χ0n) is 19.4. The van der Waals surface area contributed by atoms with Crippen molar-refractivity contribution in [3.8, 4) is 17.2 Å². The van der Waals surface area contributed by atoms with Gasteiger partial charge in [0.25, 0.3) is 5.56 Å². The number of carboxylic acid groups (broad SMARTS) is 1. The Morgan fingerprint density at radius 3 is 2.19 bits per heavy atom. The maximum atomic E-state index is 13.7. The third kappa shape index (κ3) is 5.94. The van der Waals surface area contributed by atoms with Gasteiger partial charge in [0, 0.05) is 11.5 Å². The van der Waals surface area contributed by atoms with Crippen LogP contribution in [0.2, 0.25) is 0 Å². The van der Waals surface area contributed by atoms with Gasteiger partial charge in [-0.1, -0.05) is 6.07 Å². The molecule has 2 aromatic heterocycles. The highest BCUT2D eigenvalue weighted by molar-refractivity contribution is 5.87. The SMILES string of the molecule is COc1cc2nc(Nc3nc4cccc(OC)c4c(=O)[nH]3)nc(CF)c2cc1OC.O=C(O)C(F)(F)F. The van der Waals surface area contributed by atoms with E-state index in [1.54, 1.807) is 30.3 Å². The number of hydrogen-bond acceptors (Lipinski definition) is 9. The molecule has 0 fully saturated rings. The van der Waals surface area contributed by atoms with Gasteiger partial charge in [-0.05, 0) is 18.2 Å². The topological polar surface area (TPSA) is 149 Å². The van der Waals surface area contributed by atoms with Gasteiger partial charge < -0.3 is 19.3 Å². The first-order chi connectivity index (χ1) is 17.5. The van der Waals surface area contributed by atoms with Crippen molar-refractivity contribution < 1.29 is 41.7 Å². The lowest BCUT2D eigenvalue weighted by Crippen LogP contribution is -2.21. The first-order valence-electron chi connectivity index (χ1n) is 10.1. The van der Waals surface area contributed by atoms with Gasteiger partial charge in [0.1, 0.15) is 17.8 Å². The van der Waals surface area contributed by atoms with E-state index in [0.717, 1.165) is 0 Å². The molecule has 0 aliphatic heterocycles.